The Morgan fingerprint density at radius 1 is 1.11 bits per heavy atom. The number of nitrogens with one attached hydrogen (secondary N) is 1. The number of carbonyl (C=O) groups is 1. The van der Waals surface area contributed by atoms with Gasteiger partial charge in [-0.3, -0.25) is 4.79 Å². The van der Waals surface area contributed by atoms with Gasteiger partial charge in [0.25, 0.3) is 5.91 Å². The van der Waals surface area contributed by atoms with Crippen LogP contribution >= 0.6 is 0 Å². The van der Waals surface area contributed by atoms with Crippen molar-refractivity contribution >= 4 is 11.6 Å². The standard InChI is InChI=1S/C21H22N2O4/c1-13-5-4-6-20(18(13)11-24)22-21(25)16-7-9-17(10-8-16)26-12-19-14(2)23-27-15(19)3/h4-10,24H,11-12H2,1-3H3,(H,22,25). The summed E-state index contributed by atoms with van der Waals surface area (Å²) in [5, 5.41) is 16.3. The molecular formula is C21H22N2O4. The van der Waals surface area contributed by atoms with Gasteiger partial charge in [0.05, 0.1) is 17.9 Å². The number of benzene rings is 2. The first-order valence-electron chi connectivity index (χ1n) is 8.65. The highest BCUT2D eigenvalue weighted by Gasteiger charge is 2.12. The maximum atomic E-state index is 12.5. The number of aromatic nitrogens is 1. The van der Waals surface area contributed by atoms with E-state index in [-0.39, 0.29) is 12.5 Å². The zero-order valence-corrected chi connectivity index (χ0v) is 15.6. The molecule has 3 aromatic rings. The molecule has 0 unspecified atom stereocenters. The largest absolute Gasteiger partial charge is 0.489 e. The smallest absolute Gasteiger partial charge is 0.255 e. The highest BCUT2D eigenvalue weighted by atomic mass is 16.5. The van der Waals surface area contributed by atoms with Crippen molar-refractivity contribution in [3.8, 4) is 5.75 Å². The topological polar surface area (TPSA) is 84.6 Å². The quantitative estimate of drug-likeness (QED) is 0.691. The van der Waals surface area contributed by atoms with E-state index in [1.807, 2.05) is 32.9 Å². The fraction of sp³-hybridized carbons (Fsp3) is 0.238. The third kappa shape index (κ3) is 4.17. The van der Waals surface area contributed by atoms with Gasteiger partial charge in [-0.2, -0.15) is 0 Å². The second kappa shape index (κ2) is 8.05. The second-order valence-electron chi connectivity index (χ2n) is 6.33. The average molecular weight is 366 g/mol. The van der Waals surface area contributed by atoms with Crippen molar-refractivity contribution in [1.82, 2.24) is 5.16 Å². The average Bonchev–Trinajstić information content (AvgIpc) is 2.98. The zero-order chi connectivity index (χ0) is 19.4. The Morgan fingerprint density at radius 2 is 1.85 bits per heavy atom. The van der Waals surface area contributed by atoms with Gasteiger partial charge in [-0.1, -0.05) is 17.3 Å². The number of hydrogen-bond donors (Lipinski definition) is 2. The highest BCUT2D eigenvalue weighted by Crippen LogP contribution is 2.22. The lowest BCUT2D eigenvalue weighted by molar-refractivity contribution is 0.102. The molecule has 0 atom stereocenters. The molecule has 0 radical (unpaired) electrons. The molecule has 140 valence electrons. The van der Waals surface area contributed by atoms with Gasteiger partial charge in [-0.15, -0.1) is 0 Å². The summed E-state index contributed by atoms with van der Waals surface area (Å²) in [6.45, 7) is 5.84. The van der Waals surface area contributed by atoms with Crippen molar-refractivity contribution in [2.45, 2.75) is 34.0 Å². The molecule has 0 spiro atoms. The van der Waals surface area contributed by atoms with Gasteiger partial charge in [0.1, 0.15) is 18.1 Å². The first kappa shape index (κ1) is 18.7. The molecule has 2 aromatic carbocycles. The summed E-state index contributed by atoms with van der Waals surface area (Å²) in [6, 6.07) is 12.4. The van der Waals surface area contributed by atoms with Crippen LogP contribution < -0.4 is 10.1 Å². The molecular weight excluding hydrogens is 344 g/mol. The van der Waals surface area contributed by atoms with Crippen LogP contribution in [0.1, 0.15) is 38.5 Å². The van der Waals surface area contributed by atoms with Crippen molar-refractivity contribution in [2.24, 2.45) is 0 Å². The van der Waals surface area contributed by atoms with E-state index in [1.165, 1.54) is 0 Å². The van der Waals surface area contributed by atoms with Crippen molar-refractivity contribution in [1.29, 1.82) is 0 Å². The molecule has 6 heteroatoms. The lowest BCUT2D eigenvalue weighted by Gasteiger charge is -2.12. The summed E-state index contributed by atoms with van der Waals surface area (Å²) in [5.41, 5.74) is 4.49. The lowest BCUT2D eigenvalue weighted by atomic mass is 10.1. The molecule has 27 heavy (non-hydrogen) atoms. The fourth-order valence-corrected chi connectivity index (χ4v) is 2.79. The molecule has 0 aliphatic carbocycles. The SMILES string of the molecule is Cc1cccc(NC(=O)c2ccc(OCc3c(C)noc3C)cc2)c1CO. The molecule has 0 saturated carbocycles. The molecule has 0 fully saturated rings. The van der Waals surface area contributed by atoms with Crippen LogP contribution in [0.2, 0.25) is 0 Å². The van der Waals surface area contributed by atoms with Gasteiger partial charge in [-0.05, 0) is 56.7 Å². The molecule has 1 aromatic heterocycles. The molecule has 0 aliphatic heterocycles. The molecule has 2 N–H and O–H groups in total. The summed E-state index contributed by atoms with van der Waals surface area (Å²) in [7, 11) is 0. The number of aliphatic hydroxyl groups excluding tert-OH is 1. The highest BCUT2D eigenvalue weighted by molar-refractivity contribution is 6.04. The number of aryl methyl sites for hydroxylation is 3. The van der Waals surface area contributed by atoms with Gasteiger partial charge in [0.2, 0.25) is 0 Å². The third-order valence-electron chi connectivity index (χ3n) is 4.50. The molecule has 6 nitrogen and oxygen atoms in total. The molecule has 0 bridgehead atoms. The number of ether oxygens (including phenoxy) is 1. The molecule has 1 amide bonds. The van der Waals surface area contributed by atoms with Crippen LogP contribution in [-0.2, 0) is 13.2 Å². The van der Waals surface area contributed by atoms with Crippen LogP contribution in [0, 0.1) is 20.8 Å². The zero-order valence-electron chi connectivity index (χ0n) is 15.6. The van der Waals surface area contributed by atoms with E-state index in [0.29, 0.717) is 29.2 Å². The van der Waals surface area contributed by atoms with Crippen molar-refractivity contribution in [3.63, 3.8) is 0 Å². The minimum atomic E-state index is -0.243. The molecule has 0 saturated heterocycles. The van der Waals surface area contributed by atoms with E-state index in [2.05, 4.69) is 10.5 Å². The van der Waals surface area contributed by atoms with E-state index in [1.54, 1.807) is 30.3 Å². The monoisotopic (exact) mass is 366 g/mol. The number of anilines is 1. The Kier molecular flexibility index (Phi) is 5.57. The van der Waals surface area contributed by atoms with E-state index >= 15 is 0 Å². The summed E-state index contributed by atoms with van der Waals surface area (Å²) in [5.74, 6) is 1.15. The van der Waals surface area contributed by atoms with E-state index in [0.717, 1.165) is 22.6 Å². The van der Waals surface area contributed by atoms with Crippen molar-refractivity contribution < 1.29 is 19.2 Å². The molecule has 3 rings (SSSR count). The summed E-state index contributed by atoms with van der Waals surface area (Å²) < 4.78 is 10.9. The van der Waals surface area contributed by atoms with Gasteiger partial charge in [-0.25, -0.2) is 0 Å². The Hall–Kier alpha value is -3.12. The first-order chi connectivity index (χ1) is 13.0. The predicted molar refractivity (Wildman–Crippen MR) is 102 cm³/mol. The van der Waals surface area contributed by atoms with Gasteiger partial charge >= 0.3 is 0 Å². The first-order valence-corrected chi connectivity index (χ1v) is 8.65. The Labute approximate surface area is 157 Å². The normalized spacial score (nSPS) is 10.7. The maximum Gasteiger partial charge on any atom is 0.255 e. The third-order valence-corrected chi connectivity index (χ3v) is 4.50. The molecule has 1 heterocycles. The van der Waals surface area contributed by atoms with Crippen LogP contribution in [0.15, 0.2) is 47.0 Å². The number of rotatable bonds is 6. The lowest BCUT2D eigenvalue weighted by Crippen LogP contribution is -2.13. The van der Waals surface area contributed by atoms with E-state index < -0.39 is 0 Å². The summed E-state index contributed by atoms with van der Waals surface area (Å²) >= 11 is 0. The van der Waals surface area contributed by atoms with E-state index in [4.69, 9.17) is 9.26 Å². The number of carbonyl (C=O) groups excluding carboxylic acids is 1. The second-order valence-corrected chi connectivity index (χ2v) is 6.33. The van der Waals surface area contributed by atoms with E-state index in [9.17, 15) is 9.90 Å². The summed E-state index contributed by atoms with van der Waals surface area (Å²) in [6.07, 6.45) is 0. The van der Waals surface area contributed by atoms with Crippen molar-refractivity contribution in [3.05, 3.63) is 76.2 Å². The number of aliphatic hydroxyl groups is 1. The number of hydrogen-bond acceptors (Lipinski definition) is 5. The van der Waals surface area contributed by atoms with Gasteiger partial charge in [0.15, 0.2) is 0 Å². The Morgan fingerprint density at radius 3 is 2.48 bits per heavy atom. The molecule has 0 aliphatic rings. The van der Waals surface area contributed by atoms with Crippen LogP contribution in [0.5, 0.6) is 5.75 Å². The van der Waals surface area contributed by atoms with Gasteiger partial charge < -0.3 is 19.7 Å². The summed E-state index contributed by atoms with van der Waals surface area (Å²) in [4.78, 5) is 12.5. The minimum absolute atomic E-state index is 0.128. The van der Waals surface area contributed by atoms with Gasteiger partial charge in [0, 0.05) is 16.8 Å². The minimum Gasteiger partial charge on any atom is -0.489 e. The van der Waals surface area contributed by atoms with Crippen LogP contribution in [0.3, 0.4) is 0 Å². The van der Waals surface area contributed by atoms with Crippen molar-refractivity contribution in [2.75, 3.05) is 5.32 Å². The Balaban J connectivity index is 1.66. The fourth-order valence-electron chi connectivity index (χ4n) is 2.79. The van der Waals surface area contributed by atoms with Crippen LogP contribution in [0.4, 0.5) is 5.69 Å². The van der Waals surface area contributed by atoms with Crippen LogP contribution in [-0.4, -0.2) is 16.2 Å². The number of amides is 1. The maximum absolute atomic E-state index is 12.5. The predicted octanol–water partition coefficient (Wildman–Crippen LogP) is 3.92. The van der Waals surface area contributed by atoms with Crippen LogP contribution in [0.25, 0.3) is 0 Å². The Bertz CT molecular complexity index is 926. The number of nitrogens with zero attached hydrogens (tertiary/aromatic N) is 1.